The summed E-state index contributed by atoms with van der Waals surface area (Å²) in [5, 5.41) is 7.54. The van der Waals surface area contributed by atoms with Crippen molar-refractivity contribution in [2.24, 2.45) is 17.8 Å². The molecule has 37 heavy (non-hydrogen) atoms. The highest BCUT2D eigenvalue weighted by Crippen LogP contribution is 2.49. The van der Waals surface area contributed by atoms with Crippen LogP contribution in [0.1, 0.15) is 73.9 Å². The summed E-state index contributed by atoms with van der Waals surface area (Å²) in [6, 6.07) is 11.8. The van der Waals surface area contributed by atoms with Crippen LogP contribution in [-0.4, -0.2) is 44.6 Å². The van der Waals surface area contributed by atoms with Crippen molar-refractivity contribution in [3.05, 3.63) is 71.7 Å². The fraction of sp³-hybridized carbons (Fsp3) is 0.467. The molecule has 1 N–H and O–H groups in total. The summed E-state index contributed by atoms with van der Waals surface area (Å²) in [6.07, 6.45) is 9.33. The highest BCUT2D eigenvalue weighted by molar-refractivity contribution is 5.96. The van der Waals surface area contributed by atoms with Gasteiger partial charge in [-0.3, -0.25) is 9.59 Å². The molecule has 7 nitrogen and oxygen atoms in total. The Morgan fingerprint density at radius 3 is 2.51 bits per heavy atom. The standard InChI is InChI=1S/C30H35N5O2/c1-19-15-30(2,3)23-9-5-10-24(26(19)23)33-28(36)27-21-7-4-8-22(27)18-34(17-21)29(37)20-11-12-25(31-16-20)35-14-6-13-32-35/h5-6,9-14,16,19,21-22,27H,4,7-8,15,17-18H2,1-3H3,(H,33,36)/t19-,21-,22?,27?/m1/s1. The van der Waals surface area contributed by atoms with Crippen LogP contribution >= 0.6 is 0 Å². The van der Waals surface area contributed by atoms with E-state index in [-0.39, 0.29) is 35.0 Å². The third-order valence-electron chi connectivity index (χ3n) is 8.80. The number of nitrogens with one attached hydrogen (secondary N) is 1. The monoisotopic (exact) mass is 497 g/mol. The summed E-state index contributed by atoms with van der Waals surface area (Å²) in [6.45, 7) is 8.07. The van der Waals surface area contributed by atoms with Crippen molar-refractivity contribution >= 4 is 17.5 Å². The number of anilines is 1. The van der Waals surface area contributed by atoms with E-state index in [1.807, 2.05) is 29.3 Å². The van der Waals surface area contributed by atoms with Gasteiger partial charge in [-0.15, -0.1) is 0 Å². The number of benzene rings is 1. The molecule has 1 aliphatic heterocycles. The SMILES string of the molecule is C[C@@H]1CC(C)(C)c2cccc(NC(=O)C3C4CCC[C@@H]3CN(C(=O)c3ccc(-n5cccn5)nc3)C4)c21. The molecule has 1 saturated carbocycles. The molecule has 2 amide bonds. The minimum Gasteiger partial charge on any atom is -0.338 e. The Hall–Kier alpha value is -3.48. The predicted molar refractivity (Wildman–Crippen MR) is 143 cm³/mol. The van der Waals surface area contributed by atoms with Crippen molar-refractivity contribution in [3.63, 3.8) is 0 Å². The highest BCUT2D eigenvalue weighted by Gasteiger charge is 2.45. The fourth-order valence-electron chi connectivity index (χ4n) is 7.25. The molecule has 0 radical (unpaired) electrons. The second-order valence-corrected chi connectivity index (χ2v) is 11.8. The number of pyridine rings is 1. The molecule has 192 valence electrons. The number of hydrogen-bond acceptors (Lipinski definition) is 4. The van der Waals surface area contributed by atoms with Gasteiger partial charge in [0.15, 0.2) is 5.82 Å². The smallest absolute Gasteiger partial charge is 0.255 e. The quantitative estimate of drug-likeness (QED) is 0.539. The first-order chi connectivity index (χ1) is 17.8. The third-order valence-corrected chi connectivity index (χ3v) is 8.80. The summed E-state index contributed by atoms with van der Waals surface area (Å²) < 4.78 is 1.67. The molecule has 1 aromatic carbocycles. The topological polar surface area (TPSA) is 80.1 Å². The van der Waals surface area contributed by atoms with Crippen LogP contribution in [-0.2, 0) is 10.2 Å². The first kappa shape index (κ1) is 23.9. The molecule has 3 heterocycles. The average molecular weight is 498 g/mol. The van der Waals surface area contributed by atoms with Crippen LogP contribution in [0.2, 0.25) is 0 Å². The summed E-state index contributed by atoms with van der Waals surface area (Å²) >= 11 is 0. The lowest BCUT2D eigenvalue weighted by molar-refractivity contribution is -0.127. The van der Waals surface area contributed by atoms with E-state index in [9.17, 15) is 9.59 Å². The molecule has 2 unspecified atom stereocenters. The first-order valence-corrected chi connectivity index (χ1v) is 13.5. The molecule has 2 aliphatic carbocycles. The number of nitrogens with zero attached hydrogens (tertiary/aromatic N) is 4. The van der Waals surface area contributed by atoms with E-state index in [4.69, 9.17) is 0 Å². The van der Waals surface area contributed by atoms with Gasteiger partial charge in [0.05, 0.1) is 5.56 Å². The number of carbonyl (C=O) groups excluding carboxylic acids is 2. The summed E-state index contributed by atoms with van der Waals surface area (Å²) in [5.41, 5.74) is 4.33. The number of carbonyl (C=O) groups is 2. The maximum absolute atomic E-state index is 13.7. The molecule has 3 aliphatic rings. The molecule has 3 aromatic rings. The number of fused-ring (bicyclic) bond motifs is 3. The highest BCUT2D eigenvalue weighted by atomic mass is 16.2. The Balaban J connectivity index is 1.18. The second kappa shape index (κ2) is 9.12. The van der Waals surface area contributed by atoms with Crippen molar-refractivity contribution in [2.75, 3.05) is 18.4 Å². The number of aromatic nitrogens is 3. The van der Waals surface area contributed by atoms with E-state index >= 15 is 0 Å². The van der Waals surface area contributed by atoms with Crippen LogP contribution in [0.5, 0.6) is 0 Å². The summed E-state index contributed by atoms with van der Waals surface area (Å²) in [5.74, 6) is 1.52. The van der Waals surface area contributed by atoms with Crippen molar-refractivity contribution in [1.82, 2.24) is 19.7 Å². The van der Waals surface area contributed by atoms with E-state index in [2.05, 4.69) is 54.4 Å². The maximum Gasteiger partial charge on any atom is 0.255 e. The van der Waals surface area contributed by atoms with Gasteiger partial charge < -0.3 is 10.2 Å². The molecular weight excluding hydrogens is 462 g/mol. The van der Waals surface area contributed by atoms with Crippen LogP contribution < -0.4 is 5.32 Å². The average Bonchev–Trinajstić information content (AvgIpc) is 3.49. The van der Waals surface area contributed by atoms with Crippen molar-refractivity contribution in [1.29, 1.82) is 0 Å². The maximum atomic E-state index is 13.7. The number of amides is 2. The molecule has 1 saturated heterocycles. The Kier molecular flexibility index (Phi) is 5.89. The van der Waals surface area contributed by atoms with Gasteiger partial charge in [0.25, 0.3) is 5.91 Å². The minimum absolute atomic E-state index is 0.00721. The van der Waals surface area contributed by atoms with Gasteiger partial charge >= 0.3 is 0 Å². The van der Waals surface area contributed by atoms with E-state index in [0.29, 0.717) is 30.4 Å². The second-order valence-electron chi connectivity index (χ2n) is 11.8. The summed E-state index contributed by atoms with van der Waals surface area (Å²) in [4.78, 5) is 33.5. The third kappa shape index (κ3) is 4.24. The number of hydrogen-bond donors (Lipinski definition) is 1. The summed E-state index contributed by atoms with van der Waals surface area (Å²) in [7, 11) is 0. The molecule has 0 spiro atoms. The molecule has 2 aromatic heterocycles. The Bertz CT molecular complexity index is 1300. The van der Waals surface area contributed by atoms with Crippen LogP contribution in [0, 0.1) is 17.8 Å². The zero-order chi connectivity index (χ0) is 25.7. The molecule has 2 bridgehead atoms. The van der Waals surface area contributed by atoms with Crippen molar-refractivity contribution in [2.45, 2.75) is 57.8 Å². The zero-order valence-corrected chi connectivity index (χ0v) is 21.9. The van der Waals surface area contributed by atoms with Gasteiger partial charge in [0.2, 0.25) is 5.91 Å². The normalized spacial score (nSPS) is 26.0. The van der Waals surface area contributed by atoms with Gasteiger partial charge in [0, 0.05) is 43.3 Å². The Morgan fingerprint density at radius 2 is 1.84 bits per heavy atom. The number of rotatable bonds is 4. The van der Waals surface area contributed by atoms with Crippen molar-refractivity contribution in [3.8, 4) is 5.82 Å². The largest absolute Gasteiger partial charge is 0.338 e. The van der Waals surface area contributed by atoms with E-state index in [1.54, 1.807) is 17.1 Å². The lowest BCUT2D eigenvalue weighted by Crippen LogP contribution is -2.54. The lowest BCUT2D eigenvalue weighted by Gasteiger charge is -2.46. The van der Waals surface area contributed by atoms with Crippen LogP contribution in [0.3, 0.4) is 0 Å². The van der Waals surface area contributed by atoms with Gasteiger partial charge in [-0.2, -0.15) is 5.10 Å². The minimum atomic E-state index is -0.0568. The molecule has 6 rings (SSSR count). The van der Waals surface area contributed by atoms with Crippen molar-refractivity contribution < 1.29 is 9.59 Å². The molecular formula is C30H35N5O2. The fourth-order valence-corrected chi connectivity index (χ4v) is 7.25. The molecule has 7 heteroatoms. The number of likely N-dealkylation sites (tertiary alicyclic amines) is 1. The van der Waals surface area contributed by atoms with Gasteiger partial charge in [-0.05, 0) is 77.8 Å². The van der Waals surface area contributed by atoms with Crippen LogP contribution in [0.25, 0.3) is 5.82 Å². The van der Waals surface area contributed by atoms with Gasteiger partial charge in [0.1, 0.15) is 0 Å². The van der Waals surface area contributed by atoms with Gasteiger partial charge in [-0.25, -0.2) is 9.67 Å². The number of piperidine rings is 1. The molecule has 2 fully saturated rings. The van der Waals surface area contributed by atoms with E-state index in [0.717, 1.165) is 31.4 Å². The Labute approximate surface area is 218 Å². The van der Waals surface area contributed by atoms with Crippen LogP contribution in [0.15, 0.2) is 55.0 Å². The Morgan fingerprint density at radius 1 is 1.05 bits per heavy atom. The van der Waals surface area contributed by atoms with Crippen LogP contribution in [0.4, 0.5) is 5.69 Å². The molecule has 4 atom stereocenters. The van der Waals surface area contributed by atoms with E-state index < -0.39 is 0 Å². The predicted octanol–water partition coefficient (Wildman–Crippen LogP) is 5.18. The van der Waals surface area contributed by atoms with Gasteiger partial charge in [-0.1, -0.05) is 39.3 Å². The lowest BCUT2D eigenvalue weighted by atomic mass is 9.68. The first-order valence-electron chi connectivity index (χ1n) is 13.5. The van der Waals surface area contributed by atoms with E-state index in [1.165, 1.54) is 11.1 Å². The zero-order valence-electron chi connectivity index (χ0n) is 21.9.